The van der Waals surface area contributed by atoms with E-state index in [0.29, 0.717) is 5.92 Å². The van der Waals surface area contributed by atoms with Crippen molar-refractivity contribution in [3.63, 3.8) is 0 Å². The van der Waals surface area contributed by atoms with E-state index in [9.17, 15) is 4.79 Å². The molecule has 0 aromatic heterocycles. The van der Waals surface area contributed by atoms with Gasteiger partial charge in [-0.25, -0.2) is 10.2 Å². The quantitative estimate of drug-likeness (QED) is 0.368. The summed E-state index contributed by atoms with van der Waals surface area (Å²) in [6, 6.07) is 8.47. The molecule has 1 aliphatic carbocycles. The van der Waals surface area contributed by atoms with E-state index in [1.807, 2.05) is 11.0 Å². The third-order valence-electron chi connectivity index (χ3n) is 5.53. The molecule has 6 heteroatoms. The summed E-state index contributed by atoms with van der Waals surface area (Å²) in [5, 5.41) is 2.81. The number of carbonyl (C=O) groups is 1. The molecule has 0 radical (unpaired) electrons. The van der Waals surface area contributed by atoms with Crippen LogP contribution in [0.25, 0.3) is 0 Å². The van der Waals surface area contributed by atoms with Crippen LogP contribution in [0.4, 0.5) is 4.79 Å². The van der Waals surface area contributed by atoms with Crippen molar-refractivity contribution in [2.75, 3.05) is 26.2 Å². The van der Waals surface area contributed by atoms with E-state index in [-0.39, 0.29) is 11.6 Å². The Hall–Kier alpha value is -2.05. The van der Waals surface area contributed by atoms with Gasteiger partial charge in [0.1, 0.15) is 5.75 Å². The molecule has 0 spiro atoms. The van der Waals surface area contributed by atoms with Gasteiger partial charge in [0.05, 0.1) is 12.1 Å². The van der Waals surface area contributed by atoms with Crippen molar-refractivity contribution < 1.29 is 9.53 Å². The molecule has 1 saturated carbocycles. The molecule has 1 aliphatic heterocycles. The fourth-order valence-electron chi connectivity index (χ4n) is 3.56. The zero-order valence-corrected chi connectivity index (χ0v) is 17.9. The molecule has 2 fully saturated rings. The predicted octanol–water partition coefficient (Wildman–Crippen LogP) is 3.90. The van der Waals surface area contributed by atoms with Crippen molar-refractivity contribution in [3.05, 3.63) is 42.1 Å². The third kappa shape index (κ3) is 6.47. The summed E-state index contributed by atoms with van der Waals surface area (Å²) in [5.41, 5.74) is 9.12. The number of nitrogens with one attached hydrogen (secondary N) is 3. The van der Waals surface area contributed by atoms with Crippen molar-refractivity contribution >= 4 is 6.03 Å². The second-order valence-electron chi connectivity index (χ2n) is 8.70. The second-order valence-corrected chi connectivity index (χ2v) is 8.70. The Kier molecular flexibility index (Phi) is 7.56. The van der Waals surface area contributed by atoms with Crippen LogP contribution in [-0.2, 0) is 5.54 Å². The van der Waals surface area contributed by atoms with E-state index in [1.54, 1.807) is 0 Å². The van der Waals surface area contributed by atoms with Crippen molar-refractivity contribution in [2.24, 2.45) is 5.92 Å². The molecular weight excluding hydrogens is 364 g/mol. The Labute approximate surface area is 175 Å². The number of hydrogen-bond donors (Lipinski definition) is 3. The summed E-state index contributed by atoms with van der Waals surface area (Å²) in [4.78, 5) is 13.7. The van der Waals surface area contributed by atoms with Crippen LogP contribution in [0, 0.1) is 5.92 Å². The first-order valence-electron chi connectivity index (χ1n) is 11.0. The fraction of sp³-hybridized carbons (Fsp3) is 0.609. The first kappa shape index (κ1) is 21.7. The largest absolute Gasteiger partial charge is 0.493 e. The van der Waals surface area contributed by atoms with Crippen LogP contribution in [0.2, 0.25) is 0 Å². The van der Waals surface area contributed by atoms with Crippen LogP contribution >= 0.6 is 0 Å². The van der Waals surface area contributed by atoms with Crippen molar-refractivity contribution in [1.29, 1.82) is 0 Å². The van der Waals surface area contributed by atoms with E-state index in [4.69, 9.17) is 4.74 Å². The van der Waals surface area contributed by atoms with E-state index < -0.39 is 0 Å². The topological polar surface area (TPSA) is 65.6 Å². The molecule has 3 N–H and O–H groups in total. The SMILES string of the molecule is C=C1CCN(CCCCCNNC2(c3cccc(OCC(C)C)c3)CC2)C(=O)N1. The van der Waals surface area contributed by atoms with E-state index in [0.717, 1.165) is 76.2 Å². The number of urea groups is 1. The van der Waals surface area contributed by atoms with Gasteiger partial charge in [-0.2, -0.15) is 0 Å². The van der Waals surface area contributed by atoms with Crippen molar-refractivity contribution in [1.82, 2.24) is 21.1 Å². The average Bonchev–Trinajstić information content (AvgIpc) is 3.48. The average molecular weight is 401 g/mol. The zero-order chi connectivity index (χ0) is 20.7. The lowest BCUT2D eigenvalue weighted by molar-refractivity contribution is 0.191. The predicted molar refractivity (Wildman–Crippen MR) is 117 cm³/mol. The number of amides is 2. The van der Waals surface area contributed by atoms with E-state index in [2.05, 4.69) is 54.8 Å². The van der Waals surface area contributed by atoms with Gasteiger partial charge in [0.15, 0.2) is 0 Å². The lowest BCUT2D eigenvalue weighted by Crippen LogP contribution is -2.45. The lowest BCUT2D eigenvalue weighted by Gasteiger charge is -2.28. The van der Waals surface area contributed by atoms with Crippen LogP contribution in [0.1, 0.15) is 57.9 Å². The lowest BCUT2D eigenvalue weighted by atomic mass is 10.1. The summed E-state index contributed by atoms with van der Waals surface area (Å²) in [7, 11) is 0. The van der Waals surface area contributed by atoms with E-state index >= 15 is 0 Å². The second kappa shape index (κ2) is 10.1. The van der Waals surface area contributed by atoms with Gasteiger partial charge in [-0.15, -0.1) is 0 Å². The minimum atomic E-state index is -0.00341. The highest BCUT2D eigenvalue weighted by Gasteiger charge is 2.44. The maximum absolute atomic E-state index is 11.8. The van der Waals surface area contributed by atoms with Crippen LogP contribution in [0.3, 0.4) is 0 Å². The smallest absolute Gasteiger partial charge is 0.321 e. The summed E-state index contributed by atoms with van der Waals surface area (Å²) in [6.45, 7) is 11.4. The number of hydrazine groups is 1. The summed E-state index contributed by atoms with van der Waals surface area (Å²) >= 11 is 0. The number of benzene rings is 1. The molecule has 1 aromatic carbocycles. The van der Waals surface area contributed by atoms with Gasteiger partial charge in [-0.1, -0.05) is 39.0 Å². The first-order chi connectivity index (χ1) is 14.0. The molecule has 160 valence electrons. The Balaban J connectivity index is 1.32. The van der Waals surface area contributed by atoms with Crippen LogP contribution < -0.4 is 20.9 Å². The minimum Gasteiger partial charge on any atom is -0.493 e. The monoisotopic (exact) mass is 400 g/mol. The number of ether oxygens (including phenoxy) is 1. The van der Waals surface area contributed by atoms with Gasteiger partial charge < -0.3 is 15.0 Å². The minimum absolute atomic E-state index is 0.00341. The molecule has 1 heterocycles. The zero-order valence-electron chi connectivity index (χ0n) is 17.9. The standard InChI is InChI=1S/C23H36N4O2/c1-18(2)17-29-21-9-7-8-20(16-21)23(11-12-23)26-24-13-5-4-6-14-27-15-10-19(3)25-22(27)28/h7-9,16,18,24,26H,3-6,10-15,17H2,1-2H3,(H,25,28). The Morgan fingerprint density at radius 2 is 2.10 bits per heavy atom. The first-order valence-corrected chi connectivity index (χ1v) is 11.0. The Morgan fingerprint density at radius 3 is 2.83 bits per heavy atom. The van der Waals surface area contributed by atoms with Crippen LogP contribution in [-0.4, -0.2) is 37.2 Å². The maximum atomic E-state index is 11.8. The molecular formula is C23H36N4O2. The molecule has 0 atom stereocenters. The molecule has 1 aromatic rings. The molecule has 0 unspecified atom stereocenters. The van der Waals surface area contributed by atoms with E-state index in [1.165, 1.54) is 5.56 Å². The third-order valence-corrected chi connectivity index (χ3v) is 5.53. The number of nitrogens with zero attached hydrogens (tertiary/aromatic N) is 1. The highest BCUT2D eigenvalue weighted by atomic mass is 16.5. The normalized spacial score (nSPS) is 18.1. The number of rotatable bonds is 12. The van der Waals surface area contributed by atoms with Crippen LogP contribution in [0.15, 0.2) is 36.5 Å². The molecule has 0 bridgehead atoms. The molecule has 2 aliphatic rings. The van der Waals surface area contributed by atoms with Crippen LogP contribution in [0.5, 0.6) is 5.75 Å². The summed E-state index contributed by atoms with van der Waals surface area (Å²) in [6.07, 6.45) is 6.35. The number of hydrogen-bond acceptors (Lipinski definition) is 4. The van der Waals surface area contributed by atoms with Gasteiger partial charge >= 0.3 is 6.03 Å². The van der Waals surface area contributed by atoms with Crippen molar-refractivity contribution in [3.8, 4) is 5.75 Å². The summed E-state index contributed by atoms with van der Waals surface area (Å²) in [5.74, 6) is 1.48. The molecule has 3 rings (SSSR count). The van der Waals surface area contributed by atoms with Gasteiger partial charge in [0.25, 0.3) is 0 Å². The van der Waals surface area contributed by atoms with Gasteiger partial charge in [0.2, 0.25) is 0 Å². The highest BCUT2D eigenvalue weighted by molar-refractivity contribution is 5.77. The fourth-order valence-corrected chi connectivity index (χ4v) is 3.56. The molecule has 1 saturated heterocycles. The highest BCUT2D eigenvalue weighted by Crippen LogP contribution is 2.45. The maximum Gasteiger partial charge on any atom is 0.321 e. The Bertz CT molecular complexity index is 700. The molecule has 2 amide bonds. The van der Waals surface area contributed by atoms with Gasteiger partial charge in [-0.05, 0) is 49.3 Å². The van der Waals surface area contributed by atoms with Gasteiger partial charge in [0, 0.05) is 31.8 Å². The molecule has 6 nitrogen and oxygen atoms in total. The Morgan fingerprint density at radius 1 is 1.28 bits per heavy atom. The van der Waals surface area contributed by atoms with Crippen molar-refractivity contribution in [2.45, 2.75) is 57.9 Å². The number of unbranched alkanes of at least 4 members (excludes halogenated alkanes) is 2. The summed E-state index contributed by atoms with van der Waals surface area (Å²) < 4.78 is 5.88. The molecule has 29 heavy (non-hydrogen) atoms. The number of carbonyl (C=O) groups excluding carboxylic acids is 1. The van der Waals surface area contributed by atoms with Gasteiger partial charge in [-0.3, -0.25) is 5.43 Å².